The van der Waals surface area contributed by atoms with Crippen LogP contribution in [0.2, 0.25) is 5.02 Å². The van der Waals surface area contributed by atoms with E-state index in [4.69, 9.17) is 11.6 Å². The van der Waals surface area contributed by atoms with Crippen LogP contribution in [0.3, 0.4) is 0 Å². The highest BCUT2D eigenvalue weighted by atomic mass is 35.5. The van der Waals surface area contributed by atoms with Crippen molar-refractivity contribution in [3.05, 3.63) is 52.8 Å². The molecule has 1 aliphatic rings. The molecule has 5 nitrogen and oxygen atoms in total. The van der Waals surface area contributed by atoms with Gasteiger partial charge in [-0.1, -0.05) is 29.8 Å². The Hall–Kier alpha value is -1.85. The van der Waals surface area contributed by atoms with Gasteiger partial charge in [0.1, 0.15) is 0 Å². The fraction of sp³-hybridized carbons (Fsp3) is 0.444. The Labute approximate surface area is 147 Å². The molecule has 1 N–H and O–H groups in total. The van der Waals surface area contributed by atoms with Gasteiger partial charge in [-0.25, -0.2) is 0 Å². The van der Waals surface area contributed by atoms with Crippen LogP contribution >= 0.6 is 11.6 Å². The molecule has 0 unspecified atom stereocenters. The molecule has 0 aliphatic carbocycles. The molecule has 1 aromatic heterocycles. The van der Waals surface area contributed by atoms with E-state index in [2.05, 4.69) is 15.1 Å². The number of aromatic nitrogens is 2. The molecule has 0 bridgehead atoms. The average molecular weight is 347 g/mol. The zero-order valence-corrected chi connectivity index (χ0v) is 14.5. The molecule has 2 aromatic rings. The van der Waals surface area contributed by atoms with Gasteiger partial charge >= 0.3 is 0 Å². The number of hydrogen-bond donors (Lipinski definition) is 1. The molecule has 0 spiro atoms. The molecule has 24 heavy (non-hydrogen) atoms. The molecule has 1 amide bonds. The summed E-state index contributed by atoms with van der Waals surface area (Å²) in [6, 6.07) is 7.57. The predicted molar refractivity (Wildman–Crippen MR) is 95.1 cm³/mol. The molecular weight excluding hydrogens is 324 g/mol. The van der Waals surface area contributed by atoms with Crippen molar-refractivity contribution >= 4 is 17.5 Å². The van der Waals surface area contributed by atoms with E-state index in [1.54, 1.807) is 0 Å². The quantitative estimate of drug-likeness (QED) is 0.873. The van der Waals surface area contributed by atoms with E-state index in [1.807, 2.05) is 41.6 Å². The summed E-state index contributed by atoms with van der Waals surface area (Å²) in [6.07, 6.45) is 6.38. The van der Waals surface area contributed by atoms with Crippen LogP contribution in [-0.2, 0) is 17.6 Å². The molecule has 128 valence electrons. The van der Waals surface area contributed by atoms with Crippen molar-refractivity contribution in [1.29, 1.82) is 0 Å². The molecule has 1 fully saturated rings. The zero-order chi connectivity index (χ0) is 16.8. The van der Waals surface area contributed by atoms with Gasteiger partial charge in [-0.3, -0.25) is 14.8 Å². The van der Waals surface area contributed by atoms with Gasteiger partial charge in [0.05, 0.1) is 12.6 Å². The molecule has 1 saturated heterocycles. The molecule has 6 heteroatoms. The molecule has 2 heterocycles. The second-order valence-electron chi connectivity index (χ2n) is 6.20. The first-order valence-electron chi connectivity index (χ1n) is 8.43. The van der Waals surface area contributed by atoms with Gasteiger partial charge in [-0.2, -0.15) is 5.10 Å². The third-order valence-electron chi connectivity index (χ3n) is 4.52. The van der Waals surface area contributed by atoms with Crippen LogP contribution in [0.1, 0.15) is 17.5 Å². The number of carbonyl (C=O) groups is 1. The minimum atomic E-state index is 0.168. The normalized spacial score (nSPS) is 15.6. The maximum absolute atomic E-state index is 12.4. The fourth-order valence-electron chi connectivity index (χ4n) is 3.06. The van der Waals surface area contributed by atoms with E-state index in [9.17, 15) is 4.79 Å². The number of piperazine rings is 1. The smallest absolute Gasteiger partial charge is 0.227 e. The van der Waals surface area contributed by atoms with Gasteiger partial charge in [0, 0.05) is 37.4 Å². The Kier molecular flexibility index (Phi) is 5.88. The number of amides is 1. The standard InChI is InChI=1S/C18H23ClN4O/c19-17-6-2-1-5-16(17)12-18(24)23-10-8-22(9-11-23)7-3-4-15-13-20-21-14-15/h1-2,5-6,13-14H,3-4,7-12H2,(H,20,21). The highest BCUT2D eigenvalue weighted by Gasteiger charge is 2.21. The lowest BCUT2D eigenvalue weighted by Crippen LogP contribution is -2.49. The summed E-state index contributed by atoms with van der Waals surface area (Å²) in [7, 11) is 0. The van der Waals surface area contributed by atoms with E-state index in [0.717, 1.165) is 51.1 Å². The molecule has 0 saturated carbocycles. The van der Waals surface area contributed by atoms with Crippen LogP contribution in [0.25, 0.3) is 0 Å². The van der Waals surface area contributed by atoms with Crippen LogP contribution in [0.5, 0.6) is 0 Å². The first-order chi connectivity index (χ1) is 11.7. The molecule has 1 aliphatic heterocycles. The Bertz CT molecular complexity index is 651. The summed E-state index contributed by atoms with van der Waals surface area (Å²) in [5.41, 5.74) is 2.16. The van der Waals surface area contributed by atoms with Crippen LogP contribution in [0, 0.1) is 0 Å². The highest BCUT2D eigenvalue weighted by Crippen LogP contribution is 2.17. The van der Waals surface area contributed by atoms with E-state index in [-0.39, 0.29) is 5.91 Å². The predicted octanol–water partition coefficient (Wildman–Crippen LogP) is 2.38. The summed E-state index contributed by atoms with van der Waals surface area (Å²) in [5.74, 6) is 0.168. The second-order valence-corrected chi connectivity index (χ2v) is 6.61. The number of rotatable bonds is 6. The minimum absolute atomic E-state index is 0.168. The Morgan fingerprint density at radius 2 is 2.00 bits per heavy atom. The number of hydrogen-bond acceptors (Lipinski definition) is 3. The van der Waals surface area contributed by atoms with Crippen molar-refractivity contribution in [2.24, 2.45) is 0 Å². The van der Waals surface area contributed by atoms with Crippen LogP contribution in [0.4, 0.5) is 0 Å². The van der Waals surface area contributed by atoms with E-state index in [1.165, 1.54) is 5.56 Å². The largest absolute Gasteiger partial charge is 0.340 e. The molecule has 0 radical (unpaired) electrons. The maximum atomic E-state index is 12.4. The first-order valence-corrected chi connectivity index (χ1v) is 8.81. The van der Waals surface area contributed by atoms with Crippen molar-refractivity contribution in [2.75, 3.05) is 32.7 Å². The summed E-state index contributed by atoms with van der Waals surface area (Å²) in [5, 5.41) is 7.48. The number of aryl methyl sites for hydroxylation is 1. The number of nitrogens with one attached hydrogen (secondary N) is 1. The SMILES string of the molecule is O=C(Cc1ccccc1Cl)N1CCN(CCCc2cn[nH]c2)CC1. The lowest BCUT2D eigenvalue weighted by molar-refractivity contribution is -0.132. The second kappa shape index (κ2) is 8.31. The Morgan fingerprint density at radius 3 is 2.71 bits per heavy atom. The monoisotopic (exact) mass is 346 g/mol. The van der Waals surface area contributed by atoms with Crippen LogP contribution in [-0.4, -0.2) is 58.6 Å². The van der Waals surface area contributed by atoms with E-state index in [0.29, 0.717) is 11.4 Å². The third-order valence-corrected chi connectivity index (χ3v) is 4.89. The van der Waals surface area contributed by atoms with Crippen molar-refractivity contribution < 1.29 is 4.79 Å². The van der Waals surface area contributed by atoms with Crippen molar-refractivity contribution in [1.82, 2.24) is 20.0 Å². The lowest BCUT2D eigenvalue weighted by Gasteiger charge is -2.34. The number of H-pyrrole nitrogens is 1. The summed E-state index contributed by atoms with van der Waals surface area (Å²) in [6.45, 7) is 4.56. The number of nitrogens with zero attached hydrogens (tertiary/aromatic N) is 3. The topological polar surface area (TPSA) is 52.2 Å². The fourth-order valence-corrected chi connectivity index (χ4v) is 3.26. The number of carbonyl (C=O) groups excluding carboxylic acids is 1. The Morgan fingerprint density at radius 1 is 1.21 bits per heavy atom. The summed E-state index contributed by atoms with van der Waals surface area (Å²) >= 11 is 6.14. The van der Waals surface area contributed by atoms with Gasteiger partial charge in [0.15, 0.2) is 0 Å². The van der Waals surface area contributed by atoms with E-state index >= 15 is 0 Å². The minimum Gasteiger partial charge on any atom is -0.340 e. The van der Waals surface area contributed by atoms with Crippen LogP contribution in [0.15, 0.2) is 36.7 Å². The van der Waals surface area contributed by atoms with Gasteiger partial charge in [-0.15, -0.1) is 0 Å². The van der Waals surface area contributed by atoms with Crippen molar-refractivity contribution in [3.63, 3.8) is 0 Å². The van der Waals surface area contributed by atoms with Gasteiger partial charge in [0.2, 0.25) is 5.91 Å². The first kappa shape index (κ1) is 17.0. The molecule has 0 atom stereocenters. The molecule has 3 rings (SSSR count). The van der Waals surface area contributed by atoms with Gasteiger partial charge in [-0.05, 0) is 36.6 Å². The average Bonchev–Trinajstić information content (AvgIpc) is 3.11. The van der Waals surface area contributed by atoms with Crippen molar-refractivity contribution in [3.8, 4) is 0 Å². The lowest BCUT2D eigenvalue weighted by atomic mass is 10.1. The summed E-state index contributed by atoms with van der Waals surface area (Å²) < 4.78 is 0. The van der Waals surface area contributed by atoms with Crippen molar-refractivity contribution in [2.45, 2.75) is 19.3 Å². The Balaban J connectivity index is 1.40. The van der Waals surface area contributed by atoms with Crippen LogP contribution < -0.4 is 0 Å². The third kappa shape index (κ3) is 4.58. The number of halogens is 1. The number of benzene rings is 1. The van der Waals surface area contributed by atoms with E-state index < -0.39 is 0 Å². The molecular formula is C18H23ClN4O. The molecule has 1 aromatic carbocycles. The summed E-state index contributed by atoms with van der Waals surface area (Å²) in [4.78, 5) is 16.8. The number of aromatic amines is 1. The maximum Gasteiger partial charge on any atom is 0.227 e. The highest BCUT2D eigenvalue weighted by molar-refractivity contribution is 6.31. The van der Waals surface area contributed by atoms with Gasteiger partial charge < -0.3 is 4.90 Å². The van der Waals surface area contributed by atoms with Gasteiger partial charge in [0.25, 0.3) is 0 Å². The zero-order valence-electron chi connectivity index (χ0n) is 13.7.